The molecule has 6 nitrogen and oxygen atoms in total. The number of likely N-dealkylation sites (N-methyl/N-ethyl adjacent to an activating group) is 1. The lowest BCUT2D eigenvalue weighted by molar-refractivity contribution is 0.146. The number of aliphatic imine (C=N–C) groups is 1. The summed E-state index contributed by atoms with van der Waals surface area (Å²) in [7, 11) is 2.22. The molecular weight excluding hydrogens is 338 g/mol. The van der Waals surface area contributed by atoms with Crippen molar-refractivity contribution >= 4 is 5.96 Å². The smallest absolute Gasteiger partial charge is 0.191 e. The van der Waals surface area contributed by atoms with E-state index >= 15 is 0 Å². The van der Waals surface area contributed by atoms with Crippen molar-refractivity contribution < 1.29 is 4.42 Å². The van der Waals surface area contributed by atoms with Crippen molar-refractivity contribution in [1.82, 2.24) is 20.4 Å². The number of hydrogen-bond acceptors (Lipinski definition) is 4. The lowest BCUT2D eigenvalue weighted by Crippen LogP contribution is -2.45. The van der Waals surface area contributed by atoms with Gasteiger partial charge in [-0.15, -0.1) is 0 Å². The van der Waals surface area contributed by atoms with Gasteiger partial charge >= 0.3 is 0 Å². The molecule has 1 aliphatic carbocycles. The fourth-order valence-corrected chi connectivity index (χ4v) is 3.85. The zero-order valence-electron chi connectivity index (χ0n) is 17.3. The molecule has 1 saturated heterocycles. The first-order chi connectivity index (χ1) is 13.2. The summed E-state index contributed by atoms with van der Waals surface area (Å²) < 4.78 is 5.76. The highest BCUT2D eigenvalue weighted by Crippen LogP contribution is 2.27. The average Bonchev–Trinajstić information content (AvgIpc) is 3.41. The second-order valence-electron chi connectivity index (χ2n) is 7.97. The summed E-state index contributed by atoms with van der Waals surface area (Å²) in [5.41, 5.74) is 0. The van der Waals surface area contributed by atoms with E-state index in [9.17, 15) is 0 Å². The third kappa shape index (κ3) is 5.98. The standard InChI is InChI=1S/C21H37N5O/c1-4-22-21(23-15-17(2)25(3)18-10-11-18)24-16-19(20-9-8-14-27-20)26-12-6-5-7-13-26/h8-9,14,17-19H,4-7,10-13,15-16H2,1-3H3,(H2,22,23,24). The van der Waals surface area contributed by atoms with Gasteiger partial charge in [-0.25, -0.2) is 0 Å². The molecule has 2 aliphatic rings. The highest BCUT2D eigenvalue weighted by molar-refractivity contribution is 5.79. The summed E-state index contributed by atoms with van der Waals surface area (Å²) in [5.74, 6) is 1.95. The van der Waals surface area contributed by atoms with E-state index < -0.39 is 0 Å². The number of rotatable bonds is 9. The van der Waals surface area contributed by atoms with E-state index in [1.54, 1.807) is 6.26 Å². The summed E-state index contributed by atoms with van der Waals surface area (Å²) in [6.45, 7) is 9.17. The van der Waals surface area contributed by atoms with E-state index in [1.807, 2.05) is 6.07 Å². The number of nitrogens with one attached hydrogen (secondary N) is 2. The summed E-state index contributed by atoms with van der Waals surface area (Å²) in [4.78, 5) is 9.86. The highest BCUT2D eigenvalue weighted by Gasteiger charge is 2.29. The van der Waals surface area contributed by atoms with Gasteiger partial charge < -0.3 is 15.1 Å². The molecule has 2 unspecified atom stereocenters. The number of furan rings is 1. The molecule has 1 aliphatic heterocycles. The molecule has 0 spiro atoms. The van der Waals surface area contributed by atoms with E-state index in [1.165, 1.54) is 32.1 Å². The van der Waals surface area contributed by atoms with Crippen LogP contribution in [0, 0.1) is 0 Å². The first-order valence-electron chi connectivity index (χ1n) is 10.7. The Kier molecular flexibility index (Phi) is 7.59. The van der Waals surface area contributed by atoms with Crippen molar-refractivity contribution in [3.8, 4) is 0 Å². The Hall–Kier alpha value is -1.53. The van der Waals surface area contributed by atoms with Crippen LogP contribution in [0.3, 0.4) is 0 Å². The van der Waals surface area contributed by atoms with Gasteiger partial charge in [0.05, 0.1) is 18.8 Å². The minimum atomic E-state index is 0.260. The zero-order chi connectivity index (χ0) is 19.1. The zero-order valence-corrected chi connectivity index (χ0v) is 17.3. The molecule has 1 aromatic rings. The van der Waals surface area contributed by atoms with Gasteiger partial charge in [-0.2, -0.15) is 0 Å². The van der Waals surface area contributed by atoms with Gasteiger partial charge in [-0.3, -0.25) is 14.8 Å². The number of piperidine rings is 1. The maximum Gasteiger partial charge on any atom is 0.191 e. The van der Waals surface area contributed by atoms with Crippen LogP contribution in [-0.4, -0.2) is 67.6 Å². The topological polar surface area (TPSA) is 56.0 Å². The van der Waals surface area contributed by atoms with Crippen LogP contribution in [0.4, 0.5) is 0 Å². The van der Waals surface area contributed by atoms with Crippen molar-refractivity contribution in [2.45, 2.75) is 64.1 Å². The number of likely N-dealkylation sites (tertiary alicyclic amines) is 1. The van der Waals surface area contributed by atoms with Crippen LogP contribution in [0.2, 0.25) is 0 Å². The van der Waals surface area contributed by atoms with Crippen molar-refractivity contribution in [2.24, 2.45) is 4.99 Å². The normalized spacial score (nSPS) is 21.3. The van der Waals surface area contributed by atoms with Crippen molar-refractivity contribution in [3.63, 3.8) is 0 Å². The van der Waals surface area contributed by atoms with Crippen molar-refractivity contribution in [1.29, 1.82) is 0 Å². The molecule has 0 radical (unpaired) electrons. The lowest BCUT2D eigenvalue weighted by atomic mass is 10.1. The quantitative estimate of drug-likeness (QED) is 0.513. The van der Waals surface area contributed by atoms with Crippen LogP contribution in [-0.2, 0) is 0 Å². The largest absolute Gasteiger partial charge is 0.468 e. The van der Waals surface area contributed by atoms with Crippen LogP contribution in [0.5, 0.6) is 0 Å². The first kappa shape index (κ1) is 20.2. The average molecular weight is 376 g/mol. The van der Waals surface area contributed by atoms with Gasteiger partial charge in [-0.05, 0) is 71.8 Å². The molecule has 152 valence electrons. The molecule has 6 heteroatoms. The maximum absolute atomic E-state index is 5.76. The van der Waals surface area contributed by atoms with Gasteiger partial charge in [0, 0.05) is 25.2 Å². The molecule has 0 bridgehead atoms. The van der Waals surface area contributed by atoms with E-state index in [2.05, 4.69) is 47.4 Å². The molecule has 1 saturated carbocycles. The van der Waals surface area contributed by atoms with E-state index in [0.717, 1.165) is 50.5 Å². The molecule has 3 rings (SSSR count). The summed E-state index contributed by atoms with van der Waals surface area (Å²) >= 11 is 0. The third-order valence-electron chi connectivity index (χ3n) is 5.84. The van der Waals surface area contributed by atoms with E-state index in [0.29, 0.717) is 6.04 Å². The number of nitrogens with zero attached hydrogens (tertiary/aromatic N) is 3. The Labute approximate surface area is 164 Å². The van der Waals surface area contributed by atoms with Gasteiger partial charge in [-0.1, -0.05) is 6.42 Å². The lowest BCUT2D eigenvalue weighted by Gasteiger charge is -2.33. The monoisotopic (exact) mass is 375 g/mol. The van der Waals surface area contributed by atoms with Crippen LogP contribution in [0.15, 0.2) is 27.8 Å². The summed E-state index contributed by atoms with van der Waals surface area (Å²) in [5, 5.41) is 6.96. The van der Waals surface area contributed by atoms with Gasteiger partial charge in [0.2, 0.25) is 0 Å². The molecule has 0 amide bonds. The van der Waals surface area contributed by atoms with E-state index in [4.69, 9.17) is 9.41 Å². The predicted octanol–water partition coefficient (Wildman–Crippen LogP) is 2.84. The second kappa shape index (κ2) is 10.1. The van der Waals surface area contributed by atoms with Gasteiger partial charge in [0.25, 0.3) is 0 Å². The maximum atomic E-state index is 5.76. The first-order valence-corrected chi connectivity index (χ1v) is 10.7. The Balaban J connectivity index is 1.58. The molecule has 2 fully saturated rings. The van der Waals surface area contributed by atoms with Crippen molar-refractivity contribution in [2.75, 3.05) is 39.8 Å². The Morgan fingerprint density at radius 2 is 2.07 bits per heavy atom. The van der Waals surface area contributed by atoms with Crippen LogP contribution in [0.25, 0.3) is 0 Å². The summed E-state index contributed by atoms with van der Waals surface area (Å²) in [6.07, 6.45) is 8.34. The summed E-state index contributed by atoms with van der Waals surface area (Å²) in [6, 6.07) is 5.58. The Morgan fingerprint density at radius 1 is 1.30 bits per heavy atom. The molecule has 27 heavy (non-hydrogen) atoms. The van der Waals surface area contributed by atoms with Gasteiger partial charge in [0.15, 0.2) is 5.96 Å². The predicted molar refractivity (Wildman–Crippen MR) is 111 cm³/mol. The SMILES string of the molecule is CCNC(=NCC(C)N(C)C1CC1)NCC(c1ccco1)N1CCCCC1. The minimum Gasteiger partial charge on any atom is -0.468 e. The molecular formula is C21H37N5O. The minimum absolute atomic E-state index is 0.260. The number of guanidine groups is 1. The Bertz CT molecular complexity index is 563. The third-order valence-corrected chi connectivity index (χ3v) is 5.84. The van der Waals surface area contributed by atoms with Crippen LogP contribution < -0.4 is 10.6 Å². The number of hydrogen-bond donors (Lipinski definition) is 2. The molecule has 1 aromatic heterocycles. The van der Waals surface area contributed by atoms with Crippen LogP contribution >= 0.6 is 0 Å². The van der Waals surface area contributed by atoms with E-state index in [-0.39, 0.29) is 6.04 Å². The molecule has 2 heterocycles. The van der Waals surface area contributed by atoms with Crippen LogP contribution in [0.1, 0.15) is 57.8 Å². The Morgan fingerprint density at radius 3 is 2.70 bits per heavy atom. The highest BCUT2D eigenvalue weighted by atomic mass is 16.3. The fraction of sp³-hybridized carbons (Fsp3) is 0.762. The van der Waals surface area contributed by atoms with Crippen molar-refractivity contribution in [3.05, 3.63) is 24.2 Å². The molecule has 2 N–H and O–H groups in total. The fourth-order valence-electron chi connectivity index (χ4n) is 3.85. The molecule has 2 atom stereocenters. The second-order valence-corrected chi connectivity index (χ2v) is 7.97. The van der Waals surface area contributed by atoms with Gasteiger partial charge in [0.1, 0.15) is 5.76 Å². The molecule has 0 aromatic carbocycles.